The van der Waals surface area contributed by atoms with Crippen LogP contribution < -0.4 is 4.90 Å². The van der Waals surface area contributed by atoms with E-state index in [1.54, 1.807) is 0 Å². The normalized spacial score (nSPS) is 15.3. The van der Waals surface area contributed by atoms with Crippen LogP contribution in [0.5, 0.6) is 0 Å². The lowest BCUT2D eigenvalue weighted by molar-refractivity contribution is -0.384. The third kappa shape index (κ3) is 4.32. The molecule has 0 bridgehead atoms. The molecule has 0 unspecified atom stereocenters. The summed E-state index contributed by atoms with van der Waals surface area (Å²) in [6.45, 7) is 4.07. The van der Waals surface area contributed by atoms with E-state index in [2.05, 4.69) is 0 Å². The maximum atomic E-state index is 12.8. The Morgan fingerprint density at radius 2 is 1.82 bits per heavy atom. The number of sulfonamides is 1. The number of ether oxygens (including phenoxy) is 1. The quantitative estimate of drug-likeness (QED) is 0.519. The molecule has 8 nitrogen and oxygen atoms in total. The second kappa shape index (κ2) is 8.68. The molecule has 0 spiro atoms. The summed E-state index contributed by atoms with van der Waals surface area (Å²) in [7, 11) is -3.80. The number of nitro groups is 1. The maximum Gasteiger partial charge on any atom is 0.293 e. The molecular formula is C19H23N3O5S. The standard InChI is InChI=1S/C19H23N3O5S/c1-2-20(15-16-6-4-3-5-7-16)18-9-8-17(14-19(18)22(23)24)28(25,26)21-10-12-27-13-11-21/h3-9,14H,2,10-13,15H2,1H3. The molecule has 0 amide bonds. The van der Waals surface area contributed by atoms with E-state index in [0.717, 1.165) is 11.6 Å². The van der Waals surface area contributed by atoms with Crippen molar-refractivity contribution in [3.8, 4) is 0 Å². The highest BCUT2D eigenvalue weighted by molar-refractivity contribution is 7.89. The molecule has 0 N–H and O–H groups in total. The number of morpholine rings is 1. The Bertz CT molecular complexity index is 928. The first-order valence-electron chi connectivity index (χ1n) is 9.08. The van der Waals surface area contributed by atoms with Gasteiger partial charge in [-0.2, -0.15) is 4.31 Å². The van der Waals surface area contributed by atoms with Gasteiger partial charge in [-0.1, -0.05) is 30.3 Å². The van der Waals surface area contributed by atoms with Crippen LogP contribution in [0.2, 0.25) is 0 Å². The fourth-order valence-corrected chi connectivity index (χ4v) is 4.61. The van der Waals surface area contributed by atoms with E-state index >= 15 is 0 Å². The lowest BCUT2D eigenvalue weighted by atomic mass is 10.2. The zero-order valence-electron chi connectivity index (χ0n) is 15.7. The third-order valence-electron chi connectivity index (χ3n) is 4.69. The van der Waals surface area contributed by atoms with Crippen molar-refractivity contribution >= 4 is 21.4 Å². The van der Waals surface area contributed by atoms with Crippen LogP contribution in [0.3, 0.4) is 0 Å². The van der Waals surface area contributed by atoms with Crippen molar-refractivity contribution in [2.75, 3.05) is 37.7 Å². The van der Waals surface area contributed by atoms with Gasteiger partial charge in [-0.05, 0) is 24.6 Å². The summed E-state index contributed by atoms with van der Waals surface area (Å²) in [5, 5.41) is 11.7. The van der Waals surface area contributed by atoms with Gasteiger partial charge in [-0.3, -0.25) is 10.1 Å². The van der Waals surface area contributed by atoms with Gasteiger partial charge in [0, 0.05) is 32.2 Å². The molecule has 0 atom stereocenters. The minimum Gasteiger partial charge on any atom is -0.379 e. The largest absolute Gasteiger partial charge is 0.379 e. The van der Waals surface area contributed by atoms with Gasteiger partial charge in [-0.25, -0.2) is 8.42 Å². The van der Waals surface area contributed by atoms with Crippen LogP contribution in [0.15, 0.2) is 53.4 Å². The van der Waals surface area contributed by atoms with E-state index in [1.165, 1.54) is 16.4 Å². The number of hydrogen-bond donors (Lipinski definition) is 0. The number of anilines is 1. The highest BCUT2D eigenvalue weighted by Crippen LogP contribution is 2.32. The Kier molecular flexibility index (Phi) is 6.28. The SMILES string of the molecule is CCN(Cc1ccccc1)c1ccc(S(=O)(=O)N2CCOCC2)cc1[N+](=O)[O-]. The van der Waals surface area contributed by atoms with Crippen molar-refractivity contribution in [2.45, 2.75) is 18.4 Å². The van der Waals surface area contributed by atoms with Gasteiger partial charge in [0.25, 0.3) is 5.69 Å². The van der Waals surface area contributed by atoms with Crippen LogP contribution in [0.25, 0.3) is 0 Å². The van der Waals surface area contributed by atoms with Gasteiger partial charge in [-0.15, -0.1) is 0 Å². The molecule has 1 aliphatic heterocycles. The molecule has 0 radical (unpaired) electrons. The van der Waals surface area contributed by atoms with Crippen molar-refractivity contribution in [1.29, 1.82) is 0 Å². The molecule has 0 aromatic heterocycles. The molecule has 1 saturated heterocycles. The van der Waals surface area contributed by atoms with Gasteiger partial charge in [0.15, 0.2) is 0 Å². The molecule has 1 aliphatic rings. The summed E-state index contributed by atoms with van der Waals surface area (Å²) < 4.78 is 32.2. The highest BCUT2D eigenvalue weighted by Gasteiger charge is 2.29. The monoisotopic (exact) mass is 405 g/mol. The number of hydrogen-bond acceptors (Lipinski definition) is 6. The Morgan fingerprint density at radius 1 is 1.14 bits per heavy atom. The zero-order chi connectivity index (χ0) is 20.1. The van der Waals surface area contributed by atoms with Gasteiger partial charge >= 0.3 is 0 Å². The van der Waals surface area contributed by atoms with Crippen molar-refractivity contribution < 1.29 is 18.1 Å². The molecule has 2 aromatic carbocycles. The van der Waals surface area contributed by atoms with E-state index in [0.29, 0.717) is 32.0 Å². The second-order valence-electron chi connectivity index (χ2n) is 6.42. The Labute approximate surface area is 164 Å². The maximum absolute atomic E-state index is 12.8. The lowest BCUT2D eigenvalue weighted by Gasteiger charge is -2.27. The summed E-state index contributed by atoms with van der Waals surface area (Å²) in [5.41, 5.74) is 1.20. The Balaban J connectivity index is 1.95. The summed E-state index contributed by atoms with van der Waals surface area (Å²) in [5.74, 6) is 0. The van der Waals surface area contributed by atoms with Crippen molar-refractivity contribution in [1.82, 2.24) is 4.31 Å². The lowest BCUT2D eigenvalue weighted by Crippen LogP contribution is -2.40. The molecule has 0 aliphatic carbocycles. The molecule has 1 fully saturated rings. The summed E-state index contributed by atoms with van der Waals surface area (Å²) in [6.07, 6.45) is 0. The van der Waals surface area contributed by atoms with E-state index in [9.17, 15) is 18.5 Å². The summed E-state index contributed by atoms with van der Waals surface area (Å²) >= 11 is 0. The first kappa shape index (κ1) is 20.2. The van der Waals surface area contributed by atoms with Crippen molar-refractivity contribution in [3.05, 3.63) is 64.2 Å². The molecule has 150 valence electrons. The zero-order valence-corrected chi connectivity index (χ0v) is 16.5. The van der Waals surface area contributed by atoms with Gasteiger partial charge < -0.3 is 9.64 Å². The summed E-state index contributed by atoms with van der Waals surface area (Å²) in [4.78, 5) is 13.0. The van der Waals surface area contributed by atoms with Crippen LogP contribution in [-0.4, -0.2) is 50.5 Å². The summed E-state index contributed by atoms with van der Waals surface area (Å²) in [6, 6.07) is 13.8. The number of nitrogens with zero attached hydrogens (tertiary/aromatic N) is 3. The molecule has 2 aromatic rings. The highest BCUT2D eigenvalue weighted by atomic mass is 32.2. The number of benzene rings is 2. The predicted molar refractivity (Wildman–Crippen MR) is 106 cm³/mol. The van der Waals surface area contributed by atoms with Crippen LogP contribution in [0.4, 0.5) is 11.4 Å². The first-order valence-corrected chi connectivity index (χ1v) is 10.5. The minimum absolute atomic E-state index is 0.0689. The van der Waals surface area contributed by atoms with Gasteiger partial charge in [0.05, 0.1) is 23.0 Å². The van der Waals surface area contributed by atoms with Crippen LogP contribution in [0.1, 0.15) is 12.5 Å². The first-order chi connectivity index (χ1) is 13.4. The minimum atomic E-state index is -3.80. The smallest absolute Gasteiger partial charge is 0.293 e. The molecule has 9 heteroatoms. The van der Waals surface area contributed by atoms with E-state index < -0.39 is 14.9 Å². The molecular weight excluding hydrogens is 382 g/mol. The van der Waals surface area contributed by atoms with E-state index in [1.807, 2.05) is 42.2 Å². The van der Waals surface area contributed by atoms with Crippen LogP contribution >= 0.6 is 0 Å². The van der Waals surface area contributed by atoms with Gasteiger partial charge in [0.1, 0.15) is 5.69 Å². The molecule has 1 heterocycles. The Hall–Kier alpha value is -2.49. The molecule has 28 heavy (non-hydrogen) atoms. The van der Waals surface area contributed by atoms with Crippen LogP contribution in [0, 0.1) is 10.1 Å². The Morgan fingerprint density at radius 3 is 2.43 bits per heavy atom. The van der Waals surface area contributed by atoms with Gasteiger partial charge in [0.2, 0.25) is 10.0 Å². The second-order valence-corrected chi connectivity index (χ2v) is 8.36. The van der Waals surface area contributed by atoms with Crippen molar-refractivity contribution in [2.24, 2.45) is 0 Å². The van der Waals surface area contributed by atoms with Crippen LogP contribution in [-0.2, 0) is 21.3 Å². The average Bonchev–Trinajstić information content (AvgIpc) is 2.73. The average molecular weight is 405 g/mol. The number of nitro benzene ring substituents is 1. The fourth-order valence-electron chi connectivity index (χ4n) is 3.18. The topological polar surface area (TPSA) is 93.0 Å². The van der Waals surface area contributed by atoms with E-state index in [-0.39, 0.29) is 23.7 Å². The fraction of sp³-hybridized carbons (Fsp3) is 0.368. The molecule has 3 rings (SSSR count). The molecule has 0 saturated carbocycles. The van der Waals surface area contributed by atoms with Crippen molar-refractivity contribution in [3.63, 3.8) is 0 Å². The van der Waals surface area contributed by atoms with E-state index in [4.69, 9.17) is 4.74 Å². The third-order valence-corrected chi connectivity index (χ3v) is 6.58. The number of rotatable bonds is 7. The predicted octanol–water partition coefficient (Wildman–Crippen LogP) is 2.64.